The molecule has 5 heteroatoms. The summed E-state index contributed by atoms with van der Waals surface area (Å²) in [5, 5.41) is 0. The third-order valence-electron chi connectivity index (χ3n) is 7.69. The molecular formula is C30H30O5. The molecule has 2 aliphatic carbocycles. The van der Waals surface area contributed by atoms with Crippen molar-refractivity contribution in [3.8, 4) is 17.2 Å². The number of esters is 1. The van der Waals surface area contributed by atoms with Crippen LogP contribution in [0.5, 0.6) is 17.2 Å². The van der Waals surface area contributed by atoms with Crippen LogP contribution in [0.1, 0.15) is 52.5 Å². The maximum Gasteiger partial charge on any atom is 0.310 e. The van der Waals surface area contributed by atoms with E-state index in [1.807, 2.05) is 42.5 Å². The van der Waals surface area contributed by atoms with E-state index in [2.05, 4.69) is 18.2 Å². The molecule has 1 saturated carbocycles. The van der Waals surface area contributed by atoms with E-state index in [0.717, 1.165) is 28.9 Å². The number of benzene rings is 3. The molecule has 0 aromatic heterocycles. The highest BCUT2D eigenvalue weighted by Gasteiger charge is 2.48. The minimum Gasteiger partial charge on any atom is -0.496 e. The first-order valence-corrected chi connectivity index (χ1v) is 12.4. The van der Waals surface area contributed by atoms with Crippen molar-refractivity contribution in [1.29, 1.82) is 0 Å². The number of ether oxygens (including phenoxy) is 4. The second-order valence-electron chi connectivity index (χ2n) is 9.85. The van der Waals surface area contributed by atoms with E-state index in [1.54, 1.807) is 14.2 Å². The molecule has 3 aromatic carbocycles. The fraction of sp³-hybridized carbons (Fsp3) is 0.367. The quantitative estimate of drug-likeness (QED) is 0.419. The SMILES string of the molecule is COc1cc(C2c3cc(OC)c(C4CC4)cc3CC3COC(=O)C32)ccc1OCc1ccccc1. The number of cyclic esters (lactones) is 1. The van der Waals surface area contributed by atoms with E-state index in [4.69, 9.17) is 18.9 Å². The van der Waals surface area contributed by atoms with Crippen LogP contribution in [0.2, 0.25) is 0 Å². The zero-order chi connectivity index (χ0) is 23.9. The lowest BCUT2D eigenvalue weighted by Gasteiger charge is -2.34. The normalized spacial score (nSPS) is 22.7. The molecule has 0 amide bonds. The molecule has 5 nitrogen and oxygen atoms in total. The van der Waals surface area contributed by atoms with Crippen LogP contribution in [0.4, 0.5) is 0 Å². The Bertz CT molecular complexity index is 1250. The van der Waals surface area contributed by atoms with Gasteiger partial charge in [0, 0.05) is 11.8 Å². The number of carbonyl (C=O) groups excluding carboxylic acids is 1. The first-order valence-electron chi connectivity index (χ1n) is 12.4. The Morgan fingerprint density at radius 3 is 2.43 bits per heavy atom. The summed E-state index contributed by atoms with van der Waals surface area (Å²) < 4.78 is 23.2. The average Bonchev–Trinajstić information content (AvgIpc) is 3.69. The van der Waals surface area contributed by atoms with Crippen LogP contribution in [0.25, 0.3) is 0 Å². The average molecular weight is 471 g/mol. The highest BCUT2D eigenvalue weighted by atomic mass is 16.5. The van der Waals surface area contributed by atoms with Crippen molar-refractivity contribution in [1.82, 2.24) is 0 Å². The van der Waals surface area contributed by atoms with E-state index < -0.39 is 0 Å². The molecule has 6 rings (SSSR count). The van der Waals surface area contributed by atoms with Crippen molar-refractivity contribution in [3.63, 3.8) is 0 Å². The van der Waals surface area contributed by atoms with Gasteiger partial charge in [-0.2, -0.15) is 0 Å². The highest BCUT2D eigenvalue weighted by molar-refractivity contribution is 5.78. The number of rotatable bonds is 7. The van der Waals surface area contributed by atoms with Crippen LogP contribution in [0.3, 0.4) is 0 Å². The Kier molecular flexibility index (Phi) is 5.63. The van der Waals surface area contributed by atoms with Crippen LogP contribution < -0.4 is 14.2 Å². The minimum atomic E-state index is -0.209. The lowest BCUT2D eigenvalue weighted by molar-refractivity contribution is -0.141. The molecule has 0 spiro atoms. The van der Waals surface area contributed by atoms with E-state index in [1.165, 1.54) is 24.0 Å². The summed E-state index contributed by atoms with van der Waals surface area (Å²) in [6, 6.07) is 20.6. The lowest BCUT2D eigenvalue weighted by Crippen LogP contribution is -2.31. The van der Waals surface area contributed by atoms with Gasteiger partial charge in [-0.05, 0) is 71.2 Å². The van der Waals surface area contributed by atoms with Gasteiger partial charge in [0.25, 0.3) is 0 Å². The molecule has 35 heavy (non-hydrogen) atoms. The third-order valence-corrected chi connectivity index (χ3v) is 7.69. The molecule has 0 N–H and O–H groups in total. The van der Waals surface area contributed by atoms with E-state index in [0.29, 0.717) is 30.6 Å². The summed E-state index contributed by atoms with van der Waals surface area (Å²) in [4.78, 5) is 12.9. The van der Waals surface area contributed by atoms with Crippen molar-refractivity contribution in [2.24, 2.45) is 11.8 Å². The molecule has 2 fully saturated rings. The molecule has 0 bridgehead atoms. The number of hydrogen-bond donors (Lipinski definition) is 0. The summed E-state index contributed by atoms with van der Waals surface area (Å²) in [5.74, 6) is 2.61. The summed E-state index contributed by atoms with van der Waals surface area (Å²) in [6.45, 7) is 0.945. The van der Waals surface area contributed by atoms with Gasteiger partial charge in [0.05, 0.1) is 26.7 Å². The van der Waals surface area contributed by atoms with Crippen LogP contribution in [-0.2, 0) is 22.6 Å². The van der Waals surface area contributed by atoms with Crippen molar-refractivity contribution in [2.75, 3.05) is 20.8 Å². The molecule has 0 radical (unpaired) electrons. The zero-order valence-corrected chi connectivity index (χ0v) is 20.2. The maximum absolute atomic E-state index is 12.9. The number of carbonyl (C=O) groups is 1. The van der Waals surface area contributed by atoms with Crippen LogP contribution in [0.15, 0.2) is 60.7 Å². The standard InChI is InChI=1S/C30H30O5/c1-32-26-15-24-21(13-23(26)19-8-9-19)12-22-17-35-30(31)29(22)28(24)20-10-11-25(27(14-20)33-2)34-16-18-6-4-3-5-7-18/h3-7,10-11,13-15,19,22,28-29H,8-9,12,16-17H2,1-2H3. The number of hydrogen-bond acceptors (Lipinski definition) is 5. The van der Waals surface area contributed by atoms with Crippen LogP contribution in [0, 0.1) is 11.8 Å². The van der Waals surface area contributed by atoms with Gasteiger partial charge in [0.2, 0.25) is 0 Å². The molecule has 1 heterocycles. The largest absolute Gasteiger partial charge is 0.496 e. The molecule has 3 aliphatic rings. The molecule has 180 valence electrons. The Morgan fingerprint density at radius 1 is 0.886 bits per heavy atom. The zero-order valence-electron chi connectivity index (χ0n) is 20.2. The number of fused-ring (bicyclic) bond motifs is 2. The van der Waals surface area contributed by atoms with Crippen molar-refractivity contribution >= 4 is 5.97 Å². The Hall–Kier alpha value is -3.47. The van der Waals surface area contributed by atoms with Gasteiger partial charge < -0.3 is 18.9 Å². The van der Waals surface area contributed by atoms with Gasteiger partial charge in [0.1, 0.15) is 12.4 Å². The predicted octanol–water partition coefficient (Wildman–Crippen LogP) is 5.64. The Labute approximate surface area is 206 Å². The van der Waals surface area contributed by atoms with Gasteiger partial charge in [-0.25, -0.2) is 0 Å². The molecule has 3 unspecified atom stereocenters. The Balaban J connectivity index is 1.39. The second kappa shape index (κ2) is 8.95. The van der Waals surface area contributed by atoms with Crippen LogP contribution >= 0.6 is 0 Å². The first kappa shape index (κ1) is 22.0. The summed E-state index contributed by atoms with van der Waals surface area (Å²) >= 11 is 0. The molecule has 3 aromatic rings. The van der Waals surface area contributed by atoms with E-state index in [-0.39, 0.29) is 23.7 Å². The fourth-order valence-corrected chi connectivity index (χ4v) is 5.79. The molecule has 1 aliphatic heterocycles. The molecule has 1 saturated heterocycles. The highest BCUT2D eigenvalue weighted by Crippen LogP contribution is 2.52. The smallest absolute Gasteiger partial charge is 0.310 e. The summed E-state index contributed by atoms with van der Waals surface area (Å²) in [7, 11) is 3.39. The van der Waals surface area contributed by atoms with Gasteiger partial charge in [-0.3, -0.25) is 4.79 Å². The van der Waals surface area contributed by atoms with Crippen molar-refractivity contribution in [3.05, 3.63) is 88.5 Å². The predicted molar refractivity (Wildman–Crippen MR) is 132 cm³/mol. The van der Waals surface area contributed by atoms with Gasteiger partial charge in [0.15, 0.2) is 11.5 Å². The van der Waals surface area contributed by atoms with Gasteiger partial charge in [-0.1, -0.05) is 42.5 Å². The van der Waals surface area contributed by atoms with Crippen molar-refractivity contribution < 1.29 is 23.7 Å². The third kappa shape index (κ3) is 4.03. The topological polar surface area (TPSA) is 54.0 Å². The fourth-order valence-electron chi connectivity index (χ4n) is 5.79. The minimum absolute atomic E-state index is 0.112. The maximum atomic E-state index is 12.9. The monoisotopic (exact) mass is 470 g/mol. The van der Waals surface area contributed by atoms with E-state index in [9.17, 15) is 4.79 Å². The van der Waals surface area contributed by atoms with Gasteiger partial charge in [-0.15, -0.1) is 0 Å². The van der Waals surface area contributed by atoms with Crippen molar-refractivity contribution in [2.45, 2.75) is 37.7 Å². The van der Waals surface area contributed by atoms with Crippen LogP contribution in [-0.4, -0.2) is 26.8 Å². The first-order chi connectivity index (χ1) is 17.2. The summed E-state index contributed by atoms with van der Waals surface area (Å²) in [6.07, 6.45) is 3.29. The lowest BCUT2D eigenvalue weighted by atomic mass is 9.67. The van der Waals surface area contributed by atoms with E-state index >= 15 is 0 Å². The summed E-state index contributed by atoms with van der Waals surface area (Å²) in [5.41, 5.74) is 5.89. The molecule has 3 atom stereocenters. The number of methoxy groups -OCH3 is 2. The Morgan fingerprint density at radius 2 is 1.69 bits per heavy atom. The molecular weight excluding hydrogens is 440 g/mol. The van der Waals surface area contributed by atoms with Gasteiger partial charge >= 0.3 is 5.97 Å². The second-order valence-corrected chi connectivity index (χ2v) is 9.85.